The zero-order chi connectivity index (χ0) is 14.7. The third-order valence-corrected chi connectivity index (χ3v) is 3.50. The van der Waals surface area contributed by atoms with Crippen LogP contribution in [0, 0.1) is 0 Å². The number of carbonyl (C=O) groups is 1. The lowest BCUT2D eigenvalue weighted by molar-refractivity contribution is -0.107. The lowest BCUT2D eigenvalue weighted by Gasteiger charge is -2.26. The summed E-state index contributed by atoms with van der Waals surface area (Å²) in [4.78, 5) is 21.1. The average molecular weight is 286 g/mol. The van der Waals surface area contributed by atoms with Crippen LogP contribution in [-0.2, 0) is 18.8 Å². The average Bonchev–Trinajstić information content (AvgIpc) is 2.32. The summed E-state index contributed by atoms with van der Waals surface area (Å²) in [5.74, 6) is 2.18. The molecule has 0 aromatic rings. The first-order chi connectivity index (χ1) is 8.92. The molecular formula is C14H26O4Si. The normalized spacial score (nSPS) is 12.6. The molecule has 0 N–H and O–H groups in total. The van der Waals surface area contributed by atoms with Crippen molar-refractivity contribution in [3.63, 3.8) is 0 Å². The summed E-state index contributed by atoms with van der Waals surface area (Å²) in [7, 11) is -1.66. The summed E-state index contributed by atoms with van der Waals surface area (Å²) in [6.45, 7) is 8.67. The van der Waals surface area contributed by atoms with Gasteiger partial charge in [0.15, 0.2) is 20.0 Å². The summed E-state index contributed by atoms with van der Waals surface area (Å²) >= 11 is 0. The number of rotatable bonds is 11. The maximum atomic E-state index is 10.8. The highest BCUT2D eigenvalue weighted by molar-refractivity contribution is 6.69. The van der Waals surface area contributed by atoms with Crippen LogP contribution in [-0.4, -0.2) is 33.3 Å². The van der Waals surface area contributed by atoms with E-state index in [-0.39, 0.29) is 6.10 Å². The van der Waals surface area contributed by atoms with Crippen molar-refractivity contribution in [2.24, 2.45) is 0 Å². The number of ether oxygens (including phenoxy) is 1. The predicted octanol–water partition coefficient (Wildman–Crippen LogP) is 3.11. The quantitative estimate of drug-likeness (QED) is 0.192. The summed E-state index contributed by atoms with van der Waals surface area (Å²) in [5.41, 5.74) is 0. The van der Waals surface area contributed by atoms with Crippen LogP contribution in [0.25, 0.3) is 0 Å². The maximum absolute atomic E-state index is 10.8. The molecule has 0 radical (unpaired) electrons. The Morgan fingerprint density at radius 1 is 1.32 bits per heavy atom. The minimum absolute atomic E-state index is 0.0127. The molecule has 0 heterocycles. The monoisotopic (exact) mass is 286 g/mol. The molecule has 0 aliphatic carbocycles. The molecule has 0 saturated heterocycles. The van der Waals surface area contributed by atoms with Crippen molar-refractivity contribution in [1.82, 2.24) is 0 Å². The lowest BCUT2D eigenvalue weighted by atomic mass is 10.1. The number of hydrogen-bond acceptors (Lipinski definition) is 4. The summed E-state index contributed by atoms with van der Waals surface area (Å²) < 4.78 is 11.3. The maximum Gasteiger partial charge on any atom is 0.184 e. The molecule has 1 unspecified atom stereocenters. The van der Waals surface area contributed by atoms with Gasteiger partial charge in [0.1, 0.15) is 6.29 Å². The molecule has 0 aromatic heterocycles. The molecule has 0 amide bonds. The van der Waals surface area contributed by atoms with Gasteiger partial charge in [0.25, 0.3) is 0 Å². The van der Waals surface area contributed by atoms with E-state index in [2.05, 4.69) is 19.6 Å². The van der Waals surface area contributed by atoms with Crippen LogP contribution < -0.4 is 0 Å². The molecule has 0 rings (SSSR count). The Bertz CT molecular complexity index is 303. The Morgan fingerprint density at radius 3 is 2.47 bits per heavy atom. The highest BCUT2D eigenvalue weighted by Crippen LogP contribution is 2.19. The molecule has 0 aromatic carbocycles. The van der Waals surface area contributed by atoms with Gasteiger partial charge in [0, 0.05) is 12.8 Å². The van der Waals surface area contributed by atoms with Crippen LogP contribution in [0.3, 0.4) is 0 Å². The zero-order valence-electron chi connectivity index (χ0n) is 12.5. The van der Waals surface area contributed by atoms with Gasteiger partial charge in [-0.2, -0.15) is 0 Å². The molecule has 110 valence electrons. The van der Waals surface area contributed by atoms with E-state index in [1.165, 1.54) is 0 Å². The Balaban J connectivity index is 4.39. The zero-order valence-corrected chi connectivity index (χ0v) is 13.5. The van der Waals surface area contributed by atoms with Crippen molar-refractivity contribution >= 4 is 20.5 Å². The number of hydrogen-bond donors (Lipinski definition) is 0. The van der Waals surface area contributed by atoms with E-state index in [1.807, 2.05) is 12.9 Å². The summed E-state index contributed by atoms with van der Waals surface area (Å²) in [5, 5.41) is 0. The largest absolute Gasteiger partial charge is 0.487 e. The standard InChI is InChI=1S/C14H26O4Si/c1-5-17-14(12-16)11-13(18-19(2,3)4)9-7-6-8-10-15/h10,13H,5-9,11H2,1-4H3. The van der Waals surface area contributed by atoms with Gasteiger partial charge in [0.2, 0.25) is 0 Å². The second kappa shape index (κ2) is 9.95. The molecule has 1 atom stereocenters. The molecule has 0 bridgehead atoms. The number of aldehydes is 1. The second-order valence-corrected chi connectivity index (χ2v) is 9.93. The molecule has 0 fully saturated rings. The summed E-state index contributed by atoms with van der Waals surface area (Å²) in [6.07, 6.45) is 4.61. The van der Waals surface area contributed by atoms with Gasteiger partial charge in [-0.1, -0.05) is 6.42 Å². The van der Waals surface area contributed by atoms with E-state index in [1.54, 1.807) is 0 Å². The van der Waals surface area contributed by atoms with E-state index in [4.69, 9.17) is 9.16 Å². The van der Waals surface area contributed by atoms with E-state index in [9.17, 15) is 9.59 Å². The number of carbonyl (C=O) groups excluding carboxylic acids is 2. The summed E-state index contributed by atoms with van der Waals surface area (Å²) in [6, 6.07) is 0. The fourth-order valence-corrected chi connectivity index (χ4v) is 3.01. The van der Waals surface area contributed by atoms with Gasteiger partial charge in [-0.25, -0.2) is 4.79 Å². The third-order valence-electron chi connectivity index (χ3n) is 2.46. The Kier molecular flexibility index (Phi) is 9.48. The highest BCUT2D eigenvalue weighted by Gasteiger charge is 2.22. The van der Waals surface area contributed by atoms with Crippen molar-refractivity contribution in [3.05, 3.63) is 5.76 Å². The molecular weight excluding hydrogens is 260 g/mol. The first-order valence-electron chi connectivity index (χ1n) is 6.91. The molecule has 0 aliphatic rings. The predicted molar refractivity (Wildman–Crippen MR) is 78.2 cm³/mol. The topological polar surface area (TPSA) is 52.6 Å². The van der Waals surface area contributed by atoms with Crippen LogP contribution in [0.4, 0.5) is 0 Å². The van der Waals surface area contributed by atoms with Gasteiger partial charge in [-0.3, -0.25) is 0 Å². The van der Waals surface area contributed by atoms with Gasteiger partial charge in [0.05, 0.1) is 12.7 Å². The van der Waals surface area contributed by atoms with Gasteiger partial charge in [-0.05, 0) is 39.4 Å². The Hall–Kier alpha value is -0.903. The fourth-order valence-electron chi connectivity index (χ4n) is 1.81. The Labute approximate surface area is 117 Å². The van der Waals surface area contributed by atoms with Gasteiger partial charge >= 0.3 is 0 Å². The first-order valence-corrected chi connectivity index (χ1v) is 10.3. The van der Waals surface area contributed by atoms with Crippen LogP contribution in [0.1, 0.15) is 39.0 Å². The van der Waals surface area contributed by atoms with Crippen molar-refractivity contribution in [1.29, 1.82) is 0 Å². The van der Waals surface area contributed by atoms with E-state index < -0.39 is 8.32 Å². The van der Waals surface area contributed by atoms with Crippen LogP contribution in [0.5, 0.6) is 0 Å². The van der Waals surface area contributed by atoms with E-state index in [0.717, 1.165) is 25.5 Å². The van der Waals surface area contributed by atoms with Crippen LogP contribution in [0.2, 0.25) is 19.6 Å². The third kappa shape index (κ3) is 10.7. The van der Waals surface area contributed by atoms with Gasteiger partial charge in [-0.15, -0.1) is 0 Å². The first kappa shape index (κ1) is 18.1. The molecule has 0 spiro atoms. The van der Waals surface area contributed by atoms with Crippen molar-refractivity contribution < 1.29 is 18.8 Å². The smallest absolute Gasteiger partial charge is 0.184 e. The molecule has 0 aliphatic heterocycles. The molecule has 19 heavy (non-hydrogen) atoms. The van der Waals surface area contributed by atoms with Gasteiger partial charge < -0.3 is 14.0 Å². The molecule has 4 nitrogen and oxygen atoms in total. The Morgan fingerprint density at radius 2 is 2.00 bits per heavy atom. The number of unbranched alkanes of at least 4 members (excludes halogenated alkanes) is 2. The molecule has 5 heteroatoms. The van der Waals surface area contributed by atoms with Crippen LogP contribution >= 0.6 is 0 Å². The van der Waals surface area contributed by atoms with Crippen molar-refractivity contribution in [3.8, 4) is 0 Å². The van der Waals surface area contributed by atoms with E-state index in [0.29, 0.717) is 25.2 Å². The van der Waals surface area contributed by atoms with E-state index >= 15 is 0 Å². The second-order valence-electron chi connectivity index (χ2n) is 5.47. The SMILES string of the molecule is CCOC(=C=O)CC(CCCCC=O)O[Si](C)(C)C. The fraction of sp³-hybridized carbons (Fsp3) is 0.786. The highest BCUT2D eigenvalue weighted by atomic mass is 28.4. The molecule has 0 saturated carbocycles. The minimum Gasteiger partial charge on any atom is -0.487 e. The van der Waals surface area contributed by atoms with Crippen molar-refractivity contribution in [2.45, 2.75) is 64.8 Å². The van der Waals surface area contributed by atoms with Crippen LogP contribution in [0.15, 0.2) is 5.76 Å². The lowest BCUT2D eigenvalue weighted by Crippen LogP contribution is -2.32. The minimum atomic E-state index is -1.66. The van der Waals surface area contributed by atoms with Crippen molar-refractivity contribution in [2.75, 3.05) is 6.61 Å².